The summed E-state index contributed by atoms with van der Waals surface area (Å²) in [6.45, 7) is 3.18. The van der Waals surface area contributed by atoms with Crippen LogP contribution in [0.15, 0.2) is 0 Å². The molecule has 2 N–H and O–H groups in total. The summed E-state index contributed by atoms with van der Waals surface area (Å²) in [6.07, 6.45) is 12.4. The van der Waals surface area contributed by atoms with Gasteiger partial charge in [-0.3, -0.25) is 4.90 Å². The maximum atomic E-state index is 5.82. The molecule has 0 aromatic heterocycles. The monoisotopic (exact) mass is 268 g/mol. The molecule has 0 amide bonds. The summed E-state index contributed by atoms with van der Waals surface area (Å²) in [5, 5.41) is 0. The molecular weight excluding hydrogens is 240 g/mol. The highest BCUT2D eigenvalue weighted by Crippen LogP contribution is 2.34. The smallest absolute Gasteiger partial charge is 0.0870 e. The Kier molecular flexibility index (Phi) is 5.43. The summed E-state index contributed by atoms with van der Waals surface area (Å²) < 4.78 is 0. The summed E-state index contributed by atoms with van der Waals surface area (Å²) in [4.78, 5) is 3.34. The fourth-order valence-corrected chi connectivity index (χ4v) is 4.06. The minimum Gasteiger partial charge on any atom is -0.392 e. The molecule has 2 saturated carbocycles. The molecular formula is C15H28N2S. The summed E-state index contributed by atoms with van der Waals surface area (Å²) in [5.41, 5.74) is 5.82. The molecule has 0 spiro atoms. The van der Waals surface area contributed by atoms with Crippen LogP contribution in [0.5, 0.6) is 0 Å². The lowest BCUT2D eigenvalue weighted by atomic mass is 9.83. The third kappa shape index (κ3) is 3.67. The SMILES string of the molecule is CCC1CCCC(N(CC(N)=S)C2CCCC2)C1. The summed E-state index contributed by atoms with van der Waals surface area (Å²) in [7, 11) is 0. The maximum absolute atomic E-state index is 5.82. The summed E-state index contributed by atoms with van der Waals surface area (Å²) >= 11 is 5.17. The van der Waals surface area contributed by atoms with Gasteiger partial charge in [-0.2, -0.15) is 0 Å². The molecule has 0 aromatic carbocycles. The fraction of sp³-hybridized carbons (Fsp3) is 0.933. The molecule has 18 heavy (non-hydrogen) atoms. The van der Waals surface area contributed by atoms with Gasteiger partial charge in [0.25, 0.3) is 0 Å². The van der Waals surface area contributed by atoms with Crippen LogP contribution in [0.1, 0.15) is 64.7 Å². The number of rotatable bonds is 5. The average Bonchev–Trinajstić information content (AvgIpc) is 2.89. The molecule has 0 heterocycles. The van der Waals surface area contributed by atoms with Crippen molar-refractivity contribution in [3.05, 3.63) is 0 Å². The van der Waals surface area contributed by atoms with Crippen molar-refractivity contribution in [2.24, 2.45) is 11.7 Å². The lowest BCUT2D eigenvalue weighted by molar-refractivity contribution is 0.103. The Morgan fingerprint density at radius 3 is 2.39 bits per heavy atom. The van der Waals surface area contributed by atoms with Crippen LogP contribution in [0.4, 0.5) is 0 Å². The molecule has 0 aliphatic heterocycles. The predicted molar refractivity (Wildman–Crippen MR) is 81.8 cm³/mol. The number of nitrogens with two attached hydrogens (primary N) is 1. The second-order valence-electron chi connectivity index (χ2n) is 6.17. The van der Waals surface area contributed by atoms with Gasteiger partial charge in [-0.1, -0.05) is 51.2 Å². The normalized spacial score (nSPS) is 29.9. The maximum Gasteiger partial charge on any atom is 0.0870 e. The van der Waals surface area contributed by atoms with E-state index in [0.717, 1.165) is 24.5 Å². The van der Waals surface area contributed by atoms with Crippen molar-refractivity contribution in [2.45, 2.75) is 76.8 Å². The van der Waals surface area contributed by atoms with E-state index in [1.807, 2.05) is 0 Å². The van der Waals surface area contributed by atoms with Crippen LogP contribution >= 0.6 is 12.2 Å². The van der Waals surface area contributed by atoms with Crippen molar-refractivity contribution in [3.8, 4) is 0 Å². The standard InChI is InChI=1S/C15H28N2S/c1-2-12-6-5-9-14(10-12)17(11-15(16)18)13-7-3-4-8-13/h12-14H,2-11H2,1H3,(H2,16,18). The number of hydrogen-bond donors (Lipinski definition) is 1. The predicted octanol–water partition coefficient (Wildman–Crippen LogP) is 3.49. The molecule has 2 unspecified atom stereocenters. The van der Waals surface area contributed by atoms with Crippen molar-refractivity contribution in [3.63, 3.8) is 0 Å². The minimum absolute atomic E-state index is 0.681. The van der Waals surface area contributed by atoms with Crippen molar-refractivity contribution in [1.29, 1.82) is 0 Å². The van der Waals surface area contributed by atoms with Gasteiger partial charge in [0.1, 0.15) is 0 Å². The van der Waals surface area contributed by atoms with E-state index in [1.54, 1.807) is 0 Å². The van der Waals surface area contributed by atoms with E-state index in [4.69, 9.17) is 18.0 Å². The molecule has 0 aromatic rings. The van der Waals surface area contributed by atoms with E-state index < -0.39 is 0 Å². The molecule has 0 bridgehead atoms. The Morgan fingerprint density at radius 2 is 1.78 bits per heavy atom. The van der Waals surface area contributed by atoms with Crippen LogP contribution in [-0.4, -0.2) is 28.5 Å². The van der Waals surface area contributed by atoms with Gasteiger partial charge < -0.3 is 5.73 Å². The number of hydrogen-bond acceptors (Lipinski definition) is 2. The largest absolute Gasteiger partial charge is 0.392 e. The van der Waals surface area contributed by atoms with Gasteiger partial charge in [-0.25, -0.2) is 0 Å². The Morgan fingerprint density at radius 1 is 1.11 bits per heavy atom. The molecule has 3 heteroatoms. The van der Waals surface area contributed by atoms with Gasteiger partial charge in [0, 0.05) is 18.6 Å². The zero-order valence-electron chi connectivity index (χ0n) is 11.7. The molecule has 2 aliphatic rings. The molecule has 2 nitrogen and oxygen atoms in total. The van der Waals surface area contributed by atoms with Gasteiger partial charge >= 0.3 is 0 Å². The van der Waals surface area contributed by atoms with Gasteiger partial charge in [-0.15, -0.1) is 0 Å². The second kappa shape index (κ2) is 6.85. The number of thiocarbonyl (C=S) groups is 1. The minimum atomic E-state index is 0.681. The van der Waals surface area contributed by atoms with Crippen LogP contribution in [0, 0.1) is 5.92 Å². The third-order valence-electron chi connectivity index (χ3n) is 4.93. The van der Waals surface area contributed by atoms with Crippen molar-refractivity contribution in [2.75, 3.05) is 6.54 Å². The Hall–Kier alpha value is -0.150. The molecule has 2 aliphatic carbocycles. The first-order valence-electron chi connectivity index (χ1n) is 7.74. The van der Waals surface area contributed by atoms with Crippen molar-refractivity contribution in [1.82, 2.24) is 4.90 Å². The fourth-order valence-electron chi connectivity index (χ4n) is 3.91. The molecule has 0 saturated heterocycles. The molecule has 2 atom stereocenters. The van der Waals surface area contributed by atoms with Crippen LogP contribution in [0.3, 0.4) is 0 Å². The molecule has 104 valence electrons. The van der Waals surface area contributed by atoms with Crippen molar-refractivity contribution < 1.29 is 0 Å². The Labute approximate surface area is 117 Å². The van der Waals surface area contributed by atoms with Crippen LogP contribution in [-0.2, 0) is 0 Å². The Bertz CT molecular complexity index is 274. The van der Waals surface area contributed by atoms with E-state index in [1.165, 1.54) is 57.8 Å². The molecule has 0 radical (unpaired) electrons. The van der Waals surface area contributed by atoms with Crippen LogP contribution < -0.4 is 5.73 Å². The van der Waals surface area contributed by atoms with Crippen LogP contribution in [0.2, 0.25) is 0 Å². The molecule has 2 rings (SSSR count). The highest BCUT2D eigenvalue weighted by atomic mass is 32.1. The van der Waals surface area contributed by atoms with Gasteiger partial charge in [0.05, 0.1) is 4.99 Å². The van der Waals surface area contributed by atoms with E-state index in [0.29, 0.717) is 4.99 Å². The van der Waals surface area contributed by atoms with Gasteiger partial charge in [0.2, 0.25) is 0 Å². The van der Waals surface area contributed by atoms with Crippen molar-refractivity contribution >= 4 is 17.2 Å². The van der Waals surface area contributed by atoms with Gasteiger partial charge in [-0.05, 0) is 31.6 Å². The first-order chi connectivity index (χ1) is 8.70. The zero-order valence-corrected chi connectivity index (χ0v) is 12.6. The average molecular weight is 268 g/mol. The molecule has 2 fully saturated rings. The highest BCUT2D eigenvalue weighted by Gasteiger charge is 2.32. The third-order valence-corrected chi connectivity index (χ3v) is 5.06. The lowest BCUT2D eigenvalue weighted by Gasteiger charge is -2.40. The first kappa shape index (κ1) is 14.3. The summed E-state index contributed by atoms with van der Waals surface area (Å²) in [6, 6.07) is 1.50. The van der Waals surface area contributed by atoms with Crippen LogP contribution in [0.25, 0.3) is 0 Å². The van der Waals surface area contributed by atoms with E-state index >= 15 is 0 Å². The highest BCUT2D eigenvalue weighted by molar-refractivity contribution is 7.80. The summed E-state index contributed by atoms with van der Waals surface area (Å²) in [5.74, 6) is 0.930. The first-order valence-corrected chi connectivity index (χ1v) is 8.15. The van der Waals surface area contributed by atoms with E-state index in [2.05, 4.69) is 11.8 Å². The van der Waals surface area contributed by atoms with E-state index in [-0.39, 0.29) is 0 Å². The van der Waals surface area contributed by atoms with E-state index in [9.17, 15) is 0 Å². The zero-order chi connectivity index (χ0) is 13.0. The lowest BCUT2D eigenvalue weighted by Crippen LogP contribution is -2.47. The Balaban J connectivity index is 1.99. The van der Waals surface area contributed by atoms with Gasteiger partial charge in [0.15, 0.2) is 0 Å². The second-order valence-corrected chi connectivity index (χ2v) is 6.70. The topological polar surface area (TPSA) is 29.3 Å². The quantitative estimate of drug-likeness (QED) is 0.774. The number of nitrogens with zero attached hydrogens (tertiary/aromatic N) is 1.